The van der Waals surface area contributed by atoms with Crippen molar-refractivity contribution in [2.75, 3.05) is 0 Å². The first kappa shape index (κ1) is 5.47. The van der Waals surface area contributed by atoms with E-state index in [0.29, 0.717) is 10.3 Å². The Morgan fingerprint density at radius 2 is 2.30 bits per heavy atom. The highest BCUT2D eigenvalue weighted by Crippen LogP contribution is 2.13. The molecule has 1 nitrogen and oxygen atoms in total. The summed E-state index contributed by atoms with van der Waals surface area (Å²) in [5.74, 6) is 0. The second kappa shape index (κ2) is 1.84. The smallest absolute Gasteiger partial charge is 0.0813 e. The molecule has 0 bridgehead atoms. The number of fused-ring (bicyclic) bond motifs is 1. The van der Waals surface area contributed by atoms with Crippen LogP contribution in [0, 0.1) is 6.07 Å². The molecule has 0 spiro atoms. The Labute approximate surface area is 57.6 Å². The molecule has 1 heterocycles. The van der Waals surface area contributed by atoms with E-state index >= 15 is 0 Å². The fourth-order valence-electron chi connectivity index (χ4n) is 0.989. The van der Waals surface area contributed by atoms with Gasteiger partial charge in [-0.25, -0.2) is 0 Å². The van der Waals surface area contributed by atoms with Gasteiger partial charge in [0.1, 0.15) is 0 Å². The van der Waals surface area contributed by atoms with Gasteiger partial charge in [-0.05, 0) is 24.3 Å². The molecule has 0 aliphatic heterocycles. The molecule has 1 radical (unpaired) electrons. The van der Waals surface area contributed by atoms with E-state index in [1.54, 1.807) is 24.3 Å². The van der Waals surface area contributed by atoms with Crippen LogP contribution in [0.4, 0.5) is 4.48 Å². The molecule has 2 rings (SSSR count). The zero-order chi connectivity index (χ0) is 6.97. The van der Waals surface area contributed by atoms with E-state index < -0.39 is 0 Å². The quantitative estimate of drug-likeness (QED) is 0.520. The second-order valence-electron chi connectivity index (χ2n) is 2.11. The van der Waals surface area contributed by atoms with E-state index in [1.807, 2.05) is 0 Å². The Morgan fingerprint density at radius 3 is 3.10 bits per heavy atom. The summed E-state index contributed by atoms with van der Waals surface area (Å²) in [6, 6.07) is 9.72. The monoisotopic (exact) mass is 134 g/mol. The van der Waals surface area contributed by atoms with Crippen molar-refractivity contribution in [2.24, 2.45) is 0 Å². The standard InChI is InChI=1S/C8H5FN/c9-10-6-5-7-3-1-2-4-8(7)10/h2-6H. The van der Waals surface area contributed by atoms with Crippen molar-refractivity contribution in [3.8, 4) is 0 Å². The van der Waals surface area contributed by atoms with Crippen LogP contribution >= 0.6 is 0 Å². The van der Waals surface area contributed by atoms with Crippen LogP contribution in [0.2, 0.25) is 0 Å². The summed E-state index contributed by atoms with van der Waals surface area (Å²) in [4.78, 5) is 0.600. The number of hydrogen-bond acceptors (Lipinski definition) is 0. The first-order valence-corrected chi connectivity index (χ1v) is 3.01. The molecule has 0 saturated heterocycles. The van der Waals surface area contributed by atoms with Crippen molar-refractivity contribution in [3.63, 3.8) is 0 Å². The van der Waals surface area contributed by atoms with Crippen molar-refractivity contribution >= 4 is 10.9 Å². The van der Waals surface area contributed by atoms with Gasteiger partial charge in [0.15, 0.2) is 0 Å². The highest BCUT2D eigenvalue weighted by molar-refractivity contribution is 5.79. The molecule has 0 fully saturated rings. The molecule has 2 heteroatoms. The highest BCUT2D eigenvalue weighted by Gasteiger charge is 1.95. The predicted octanol–water partition coefficient (Wildman–Crippen LogP) is 2.17. The summed E-state index contributed by atoms with van der Waals surface area (Å²) in [5.41, 5.74) is 0.596. The Balaban J connectivity index is 2.93. The van der Waals surface area contributed by atoms with Gasteiger partial charge < -0.3 is 0 Å². The zero-order valence-electron chi connectivity index (χ0n) is 5.21. The van der Waals surface area contributed by atoms with Crippen LogP contribution in [-0.4, -0.2) is 4.79 Å². The number of benzene rings is 1. The van der Waals surface area contributed by atoms with Crippen LogP contribution < -0.4 is 0 Å². The van der Waals surface area contributed by atoms with E-state index in [0.717, 1.165) is 5.39 Å². The SMILES string of the molecule is Fn1ccc2c[c]ccc21. The topological polar surface area (TPSA) is 4.93 Å². The molecule has 2 aromatic rings. The third-order valence-electron chi connectivity index (χ3n) is 1.49. The summed E-state index contributed by atoms with van der Waals surface area (Å²) in [5, 5.41) is 0.880. The average Bonchev–Trinajstić information content (AvgIpc) is 2.34. The fraction of sp³-hybridized carbons (Fsp3) is 0. The van der Waals surface area contributed by atoms with E-state index in [4.69, 9.17) is 0 Å². The maximum atomic E-state index is 12.6. The van der Waals surface area contributed by atoms with Gasteiger partial charge in [0.05, 0.1) is 5.52 Å². The van der Waals surface area contributed by atoms with Gasteiger partial charge in [0.25, 0.3) is 0 Å². The van der Waals surface area contributed by atoms with Crippen LogP contribution in [0.25, 0.3) is 10.9 Å². The van der Waals surface area contributed by atoms with Gasteiger partial charge in [0.2, 0.25) is 0 Å². The molecule has 0 N–H and O–H groups in total. The molecule has 0 atom stereocenters. The molecule has 0 aliphatic rings. The number of nitrogens with zero attached hydrogens (tertiary/aromatic N) is 1. The zero-order valence-corrected chi connectivity index (χ0v) is 5.21. The normalized spacial score (nSPS) is 10.5. The van der Waals surface area contributed by atoms with Crippen molar-refractivity contribution in [1.29, 1.82) is 0 Å². The lowest BCUT2D eigenvalue weighted by molar-refractivity contribution is 0.388. The third kappa shape index (κ3) is 0.620. The van der Waals surface area contributed by atoms with Crippen molar-refractivity contribution < 1.29 is 4.48 Å². The lowest BCUT2D eigenvalue weighted by Gasteiger charge is -1.87. The minimum atomic E-state index is 0.596. The Bertz CT molecular complexity index is 351. The van der Waals surface area contributed by atoms with Crippen LogP contribution in [-0.2, 0) is 0 Å². The lowest BCUT2D eigenvalue weighted by Crippen LogP contribution is -1.75. The summed E-state index contributed by atoms with van der Waals surface area (Å²) in [7, 11) is 0. The van der Waals surface area contributed by atoms with Gasteiger partial charge in [-0.3, -0.25) is 0 Å². The molecule has 0 unspecified atom stereocenters. The van der Waals surface area contributed by atoms with Crippen molar-refractivity contribution in [1.82, 2.24) is 4.79 Å². The molecule has 0 aliphatic carbocycles. The van der Waals surface area contributed by atoms with E-state index in [1.165, 1.54) is 6.20 Å². The third-order valence-corrected chi connectivity index (χ3v) is 1.49. The molecule has 1 aromatic carbocycles. The predicted molar refractivity (Wildman–Crippen MR) is 37.3 cm³/mol. The minimum absolute atomic E-state index is 0.596. The van der Waals surface area contributed by atoms with E-state index in [2.05, 4.69) is 6.07 Å². The maximum Gasteiger partial charge on any atom is 0.0813 e. The molecular weight excluding hydrogens is 129 g/mol. The molecule has 1 aromatic heterocycles. The second-order valence-corrected chi connectivity index (χ2v) is 2.11. The first-order chi connectivity index (χ1) is 4.88. The minimum Gasteiger partial charge on any atom is -0.186 e. The number of aromatic nitrogens is 1. The van der Waals surface area contributed by atoms with Crippen LogP contribution in [0.5, 0.6) is 0 Å². The van der Waals surface area contributed by atoms with Crippen molar-refractivity contribution in [2.45, 2.75) is 0 Å². The number of hydrogen-bond donors (Lipinski definition) is 0. The van der Waals surface area contributed by atoms with E-state index in [9.17, 15) is 4.48 Å². The Kier molecular flexibility index (Phi) is 1.01. The Morgan fingerprint density at radius 1 is 1.40 bits per heavy atom. The van der Waals surface area contributed by atoms with Crippen LogP contribution in [0.3, 0.4) is 0 Å². The van der Waals surface area contributed by atoms with Gasteiger partial charge in [-0.2, -0.15) is 4.79 Å². The summed E-state index contributed by atoms with van der Waals surface area (Å²) < 4.78 is 12.6. The van der Waals surface area contributed by atoms with Gasteiger partial charge in [0, 0.05) is 11.6 Å². The largest absolute Gasteiger partial charge is 0.186 e. The average molecular weight is 134 g/mol. The highest BCUT2D eigenvalue weighted by atomic mass is 19.2. The molecular formula is C8H5FN. The maximum absolute atomic E-state index is 12.6. The van der Waals surface area contributed by atoms with E-state index in [-0.39, 0.29) is 0 Å². The number of rotatable bonds is 0. The first-order valence-electron chi connectivity index (χ1n) is 3.01. The van der Waals surface area contributed by atoms with Crippen LogP contribution in [0.1, 0.15) is 0 Å². The van der Waals surface area contributed by atoms with Gasteiger partial charge in [-0.15, -0.1) is 0 Å². The lowest BCUT2D eigenvalue weighted by atomic mass is 10.3. The Hall–Kier alpha value is -1.31. The molecule has 49 valence electrons. The van der Waals surface area contributed by atoms with Gasteiger partial charge >= 0.3 is 0 Å². The van der Waals surface area contributed by atoms with Gasteiger partial charge in [-0.1, -0.05) is 10.5 Å². The molecule has 0 saturated carbocycles. The summed E-state index contributed by atoms with van der Waals surface area (Å²) >= 11 is 0. The van der Waals surface area contributed by atoms with Crippen molar-refractivity contribution in [3.05, 3.63) is 36.5 Å². The molecule has 10 heavy (non-hydrogen) atoms. The summed E-state index contributed by atoms with van der Waals surface area (Å²) in [6.07, 6.45) is 1.39. The molecule has 0 amide bonds. The fourth-order valence-corrected chi connectivity index (χ4v) is 0.989. The summed E-state index contributed by atoms with van der Waals surface area (Å²) in [6.45, 7) is 0. The number of halogens is 1. The van der Waals surface area contributed by atoms with Crippen LogP contribution in [0.15, 0.2) is 30.5 Å².